The number of nitrogens with zero attached hydrogens (tertiary/aromatic N) is 4. The minimum Gasteiger partial charge on any atom is -0.377 e. The molecule has 3 heterocycles. The number of ether oxygens (including phenoxy) is 1. The van der Waals surface area contributed by atoms with Gasteiger partial charge in [-0.15, -0.1) is 10.2 Å². The molecule has 0 saturated carbocycles. The Labute approximate surface area is 126 Å². The van der Waals surface area contributed by atoms with E-state index in [1.54, 1.807) is 11.8 Å². The quantitative estimate of drug-likeness (QED) is 0.696. The lowest BCUT2D eigenvalue weighted by Crippen LogP contribution is -2.08. The second-order valence-corrected chi connectivity index (χ2v) is 6.28. The lowest BCUT2D eigenvalue weighted by Gasteiger charge is -2.07. The summed E-state index contributed by atoms with van der Waals surface area (Å²) in [6.45, 7) is 0.882. The molecule has 0 amide bonds. The van der Waals surface area contributed by atoms with Gasteiger partial charge in [-0.3, -0.25) is 0 Å². The van der Waals surface area contributed by atoms with Gasteiger partial charge in [0, 0.05) is 24.8 Å². The summed E-state index contributed by atoms with van der Waals surface area (Å²) in [5.41, 5.74) is 2.89. The van der Waals surface area contributed by atoms with Gasteiger partial charge in [0.25, 0.3) is 0 Å². The molecule has 1 saturated heterocycles. The molecule has 0 bridgehead atoms. The van der Waals surface area contributed by atoms with Gasteiger partial charge in [0.05, 0.1) is 11.6 Å². The normalized spacial score (nSPS) is 18.8. The van der Waals surface area contributed by atoms with Gasteiger partial charge in [-0.1, -0.05) is 30.0 Å². The Morgan fingerprint density at radius 2 is 2.24 bits per heavy atom. The van der Waals surface area contributed by atoms with E-state index in [0.717, 1.165) is 52.4 Å². The summed E-state index contributed by atoms with van der Waals surface area (Å²) < 4.78 is 7.71. The molecule has 0 spiro atoms. The first-order valence-corrected chi connectivity index (χ1v) is 8.14. The van der Waals surface area contributed by atoms with Crippen molar-refractivity contribution in [3.8, 4) is 0 Å². The first-order valence-electron chi connectivity index (χ1n) is 7.15. The smallest absolute Gasteiger partial charge is 0.211 e. The van der Waals surface area contributed by atoms with Crippen molar-refractivity contribution in [2.75, 3.05) is 12.4 Å². The molecule has 2 aromatic heterocycles. The van der Waals surface area contributed by atoms with Crippen LogP contribution in [-0.4, -0.2) is 38.2 Å². The molecule has 0 N–H and O–H groups in total. The minimum atomic E-state index is 0.335. The Bertz CT molecular complexity index is 795. The zero-order chi connectivity index (χ0) is 14.2. The number of hydrogen-bond acceptors (Lipinski definition) is 5. The summed E-state index contributed by atoms with van der Waals surface area (Å²) in [5.74, 6) is 0.900. The average Bonchev–Trinajstić information content (AvgIpc) is 3.14. The van der Waals surface area contributed by atoms with Crippen LogP contribution in [0, 0.1) is 0 Å². The fourth-order valence-corrected chi connectivity index (χ4v) is 3.64. The first kappa shape index (κ1) is 13.0. The predicted molar refractivity (Wildman–Crippen MR) is 83.5 cm³/mol. The summed E-state index contributed by atoms with van der Waals surface area (Å²) in [5, 5.41) is 10.5. The van der Waals surface area contributed by atoms with Crippen LogP contribution in [0.5, 0.6) is 0 Å². The van der Waals surface area contributed by atoms with Crippen LogP contribution in [0.1, 0.15) is 12.8 Å². The van der Waals surface area contributed by atoms with Crippen LogP contribution >= 0.6 is 11.8 Å². The highest BCUT2D eigenvalue weighted by Gasteiger charge is 2.17. The molecule has 1 unspecified atom stereocenters. The molecule has 1 aliphatic heterocycles. The monoisotopic (exact) mass is 300 g/mol. The molecule has 108 valence electrons. The molecule has 3 aromatic rings. The standard InChI is InChI=1S/C15H16N4OS/c1-19-12-7-3-2-6-11(12)13-14(19)16-15(18-17-13)21-9-10-5-4-8-20-10/h2-3,6-7,10H,4-5,8-9H2,1H3. The van der Waals surface area contributed by atoms with E-state index in [-0.39, 0.29) is 0 Å². The third-order valence-corrected chi connectivity index (χ3v) is 4.88. The third kappa shape index (κ3) is 2.28. The van der Waals surface area contributed by atoms with Crippen LogP contribution in [0.15, 0.2) is 29.4 Å². The lowest BCUT2D eigenvalue weighted by atomic mass is 10.2. The Hall–Kier alpha value is -1.66. The van der Waals surface area contributed by atoms with E-state index < -0.39 is 0 Å². The summed E-state index contributed by atoms with van der Waals surface area (Å²) in [7, 11) is 2.02. The molecular weight excluding hydrogens is 284 g/mol. The van der Waals surface area contributed by atoms with Crippen molar-refractivity contribution in [3.05, 3.63) is 24.3 Å². The minimum absolute atomic E-state index is 0.335. The largest absolute Gasteiger partial charge is 0.377 e. The molecule has 0 radical (unpaired) electrons. The molecule has 6 heteroatoms. The van der Waals surface area contributed by atoms with E-state index in [1.807, 2.05) is 19.2 Å². The molecular formula is C15H16N4OS. The number of fused-ring (bicyclic) bond motifs is 3. The first-order chi connectivity index (χ1) is 10.3. The van der Waals surface area contributed by atoms with E-state index in [0.29, 0.717) is 6.10 Å². The van der Waals surface area contributed by atoms with Crippen molar-refractivity contribution in [2.24, 2.45) is 7.05 Å². The average molecular weight is 300 g/mol. The predicted octanol–water partition coefficient (Wildman–Crippen LogP) is 2.79. The molecule has 1 aromatic carbocycles. The van der Waals surface area contributed by atoms with E-state index in [9.17, 15) is 0 Å². The molecule has 1 atom stereocenters. The summed E-state index contributed by atoms with van der Waals surface area (Å²) in [4.78, 5) is 4.67. The molecule has 5 nitrogen and oxygen atoms in total. The second kappa shape index (κ2) is 5.27. The maximum absolute atomic E-state index is 5.63. The van der Waals surface area contributed by atoms with Gasteiger partial charge in [-0.05, 0) is 18.9 Å². The Balaban J connectivity index is 1.68. The van der Waals surface area contributed by atoms with Crippen LogP contribution in [-0.2, 0) is 11.8 Å². The highest BCUT2D eigenvalue weighted by atomic mass is 32.2. The fourth-order valence-electron chi connectivity index (χ4n) is 2.80. The van der Waals surface area contributed by atoms with E-state index in [2.05, 4.69) is 31.9 Å². The molecule has 4 rings (SSSR count). The number of thioether (sulfide) groups is 1. The molecule has 21 heavy (non-hydrogen) atoms. The number of rotatable bonds is 3. The highest BCUT2D eigenvalue weighted by molar-refractivity contribution is 7.99. The van der Waals surface area contributed by atoms with Crippen LogP contribution in [0.3, 0.4) is 0 Å². The second-order valence-electron chi connectivity index (χ2n) is 5.29. The number of hydrogen-bond donors (Lipinski definition) is 0. The summed E-state index contributed by atoms with van der Waals surface area (Å²) >= 11 is 1.63. The fraction of sp³-hybridized carbons (Fsp3) is 0.400. The van der Waals surface area contributed by atoms with Crippen molar-refractivity contribution in [3.63, 3.8) is 0 Å². The molecule has 1 fully saturated rings. The third-order valence-electron chi connectivity index (χ3n) is 3.91. The zero-order valence-corrected chi connectivity index (χ0v) is 12.6. The van der Waals surface area contributed by atoms with Crippen molar-refractivity contribution in [1.29, 1.82) is 0 Å². The Morgan fingerprint density at radius 1 is 1.33 bits per heavy atom. The van der Waals surface area contributed by atoms with Crippen LogP contribution in [0.2, 0.25) is 0 Å². The van der Waals surface area contributed by atoms with Crippen molar-refractivity contribution < 1.29 is 4.74 Å². The van der Waals surface area contributed by atoms with Crippen LogP contribution < -0.4 is 0 Å². The topological polar surface area (TPSA) is 52.8 Å². The van der Waals surface area contributed by atoms with Gasteiger partial charge >= 0.3 is 0 Å². The Kier molecular flexibility index (Phi) is 3.27. The van der Waals surface area contributed by atoms with Gasteiger partial charge in [-0.25, -0.2) is 4.98 Å². The zero-order valence-electron chi connectivity index (χ0n) is 11.8. The van der Waals surface area contributed by atoms with E-state index in [1.165, 1.54) is 0 Å². The van der Waals surface area contributed by atoms with Crippen LogP contribution in [0.4, 0.5) is 0 Å². The lowest BCUT2D eigenvalue weighted by molar-refractivity contribution is 0.129. The number of aromatic nitrogens is 4. The Morgan fingerprint density at radius 3 is 3.10 bits per heavy atom. The summed E-state index contributed by atoms with van der Waals surface area (Å²) in [6.07, 6.45) is 2.63. The molecule has 0 aliphatic carbocycles. The van der Waals surface area contributed by atoms with Gasteiger partial charge in [0.15, 0.2) is 5.65 Å². The van der Waals surface area contributed by atoms with E-state index in [4.69, 9.17) is 4.74 Å². The number of aryl methyl sites for hydroxylation is 1. The van der Waals surface area contributed by atoms with Crippen molar-refractivity contribution in [2.45, 2.75) is 24.1 Å². The van der Waals surface area contributed by atoms with Gasteiger partial charge in [0.1, 0.15) is 5.52 Å². The van der Waals surface area contributed by atoms with E-state index >= 15 is 0 Å². The SMILES string of the molecule is Cn1c2ccccc2c2nnc(SCC3CCCO3)nc21. The van der Waals surface area contributed by atoms with Crippen LogP contribution in [0.25, 0.3) is 22.1 Å². The van der Waals surface area contributed by atoms with Gasteiger partial charge in [-0.2, -0.15) is 0 Å². The number of benzene rings is 1. The van der Waals surface area contributed by atoms with Gasteiger partial charge in [0.2, 0.25) is 5.16 Å². The maximum atomic E-state index is 5.63. The van der Waals surface area contributed by atoms with Crippen molar-refractivity contribution in [1.82, 2.24) is 19.7 Å². The number of para-hydroxylation sites is 1. The highest BCUT2D eigenvalue weighted by Crippen LogP contribution is 2.27. The molecule has 1 aliphatic rings. The maximum Gasteiger partial charge on any atom is 0.211 e. The van der Waals surface area contributed by atoms with Gasteiger partial charge < -0.3 is 9.30 Å². The summed E-state index contributed by atoms with van der Waals surface area (Å²) in [6, 6.07) is 8.19. The van der Waals surface area contributed by atoms with Crippen molar-refractivity contribution >= 4 is 33.8 Å².